The molecule has 0 aliphatic carbocycles. The van der Waals surface area contributed by atoms with Crippen molar-refractivity contribution in [3.05, 3.63) is 41.0 Å². The number of rotatable bonds is 6. The molecule has 0 amide bonds. The van der Waals surface area contributed by atoms with Crippen LogP contribution in [0.1, 0.15) is 22.3 Å². The fourth-order valence-electron chi connectivity index (χ4n) is 2.28. The van der Waals surface area contributed by atoms with Crippen LogP contribution in [-0.4, -0.2) is 26.0 Å². The first kappa shape index (κ1) is 16.4. The molecule has 1 aromatic carbocycles. The third-order valence-corrected chi connectivity index (χ3v) is 4.79. The van der Waals surface area contributed by atoms with Gasteiger partial charge in [0.25, 0.3) is 0 Å². The van der Waals surface area contributed by atoms with E-state index < -0.39 is 16.0 Å². The Balaban J connectivity index is 3.47. The number of sulfonamides is 1. The molecule has 0 saturated heterocycles. The maximum Gasteiger partial charge on any atom is 0.307 e. The Kier molecular flexibility index (Phi) is 5.08. The molecule has 5 nitrogen and oxygen atoms in total. The molecule has 1 aromatic rings. The van der Waals surface area contributed by atoms with E-state index in [1.165, 1.54) is 6.08 Å². The Morgan fingerprint density at radius 3 is 2.45 bits per heavy atom. The molecular formula is C14H19NO4S. The first-order valence-corrected chi connectivity index (χ1v) is 7.61. The lowest BCUT2D eigenvalue weighted by Gasteiger charge is -2.16. The van der Waals surface area contributed by atoms with Crippen LogP contribution >= 0.6 is 0 Å². The third kappa shape index (κ3) is 3.46. The lowest BCUT2D eigenvalue weighted by atomic mass is 9.97. The Morgan fingerprint density at radius 2 is 1.95 bits per heavy atom. The Labute approximate surface area is 119 Å². The van der Waals surface area contributed by atoms with Crippen LogP contribution in [-0.2, 0) is 21.2 Å². The molecule has 1 rings (SSSR count). The minimum Gasteiger partial charge on any atom is -0.481 e. The summed E-state index contributed by atoms with van der Waals surface area (Å²) in [5.41, 5.74) is 2.42. The number of carboxylic acids is 1. The van der Waals surface area contributed by atoms with Crippen LogP contribution in [0.2, 0.25) is 0 Å². The zero-order valence-corrected chi connectivity index (χ0v) is 12.7. The quantitative estimate of drug-likeness (QED) is 0.783. The Hall–Kier alpha value is -1.66. The van der Waals surface area contributed by atoms with Crippen LogP contribution in [0.3, 0.4) is 0 Å². The van der Waals surface area contributed by atoms with Gasteiger partial charge in [-0.2, -0.15) is 0 Å². The normalized spacial score (nSPS) is 11.3. The van der Waals surface area contributed by atoms with E-state index in [1.807, 2.05) is 0 Å². The molecule has 20 heavy (non-hydrogen) atoms. The Bertz CT molecular complexity index is 648. The number of nitrogens with one attached hydrogen (secondary N) is 1. The van der Waals surface area contributed by atoms with Crippen LogP contribution in [0.15, 0.2) is 23.6 Å². The van der Waals surface area contributed by atoms with E-state index >= 15 is 0 Å². The van der Waals surface area contributed by atoms with Crippen molar-refractivity contribution in [1.29, 1.82) is 0 Å². The average molecular weight is 297 g/mol. The van der Waals surface area contributed by atoms with Gasteiger partial charge in [0.1, 0.15) is 0 Å². The highest BCUT2D eigenvalue weighted by Gasteiger charge is 2.22. The molecule has 110 valence electrons. The van der Waals surface area contributed by atoms with E-state index in [2.05, 4.69) is 11.3 Å². The molecule has 0 heterocycles. The van der Waals surface area contributed by atoms with Gasteiger partial charge in [-0.3, -0.25) is 4.79 Å². The molecule has 0 aromatic heterocycles. The monoisotopic (exact) mass is 297 g/mol. The SMILES string of the molecule is C=CCNS(=O)(=O)c1c(C)cc(C)c(CC(=O)O)c1C. The van der Waals surface area contributed by atoms with E-state index in [0.717, 1.165) is 5.56 Å². The molecule has 0 bridgehead atoms. The third-order valence-electron chi connectivity index (χ3n) is 3.07. The topological polar surface area (TPSA) is 83.5 Å². The van der Waals surface area contributed by atoms with Crippen LogP contribution in [0, 0.1) is 20.8 Å². The highest BCUT2D eigenvalue weighted by atomic mass is 32.2. The molecule has 0 fully saturated rings. The van der Waals surface area contributed by atoms with Crippen molar-refractivity contribution in [2.45, 2.75) is 32.1 Å². The molecule has 0 aliphatic heterocycles. The van der Waals surface area contributed by atoms with Gasteiger partial charge in [-0.05, 0) is 43.0 Å². The smallest absolute Gasteiger partial charge is 0.307 e. The molecule has 2 N–H and O–H groups in total. The molecule has 0 unspecified atom stereocenters. The summed E-state index contributed by atoms with van der Waals surface area (Å²) < 4.78 is 27.0. The van der Waals surface area contributed by atoms with Gasteiger partial charge in [0.05, 0.1) is 11.3 Å². The largest absolute Gasteiger partial charge is 0.481 e. The second-order valence-corrected chi connectivity index (χ2v) is 6.36. The van der Waals surface area contributed by atoms with Gasteiger partial charge < -0.3 is 5.11 Å². The maximum absolute atomic E-state index is 12.3. The van der Waals surface area contributed by atoms with E-state index in [1.54, 1.807) is 26.8 Å². The van der Waals surface area contributed by atoms with Crippen LogP contribution in [0.25, 0.3) is 0 Å². The Morgan fingerprint density at radius 1 is 1.35 bits per heavy atom. The molecule has 0 atom stereocenters. The fraction of sp³-hybridized carbons (Fsp3) is 0.357. The van der Waals surface area contributed by atoms with Crippen molar-refractivity contribution in [3.8, 4) is 0 Å². The summed E-state index contributed by atoms with van der Waals surface area (Å²) in [6, 6.07) is 1.70. The van der Waals surface area contributed by atoms with Gasteiger partial charge in [-0.25, -0.2) is 13.1 Å². The summed E-state index contributed by atoms with van der Waals surface area (Å²) in [5.74, 6) is -0.984. The predicted molar refractivity (Wildman–Crippen MR) is 77.4 cm³/mol. The van der Waals surface area contributed by atoms with Gasteiger partial charge in [0, 0.05) is 6.54 Å². The number of benzene rings is 1. The predicted octanol–water partition coefficient (Wildman–Crippen LogP) is 1.70. The van der Waals surface area contributed by atoms with E-state index in [0.29, 0.717) is 16.7 Å². The highest BCUT2D eigenvalue weighted by molar-refractivity contribution is 7.89. The van der Waals surface area contributed by atoms with Gasteiger partial charge in [0.15, 0.2) is 0 Å². The summed E-state index contributed by atoms with van der Waals surface area (Å²) in [6.45, 7) is 8.72. The molecule has 0 saturated carbocycles. The first-order valence-electron chi connectivity index (χ1n) is 6.12. The summed E-state index contributed by atoms with van der Waals surface area (Å²) in [5, 5.41) is 8.94. The van der Waals surface area contributed by atoms with E-state index in [9.17, 15) is 13.2 Å². The fourth-order valence-corrected chi connectivity index (χ4v) is 3.77. The first-order chi connectivity index (χ1) is 9.20. The summed E-state index contributed by atoms with van der Waals surface area (Å²) >= 11 is 0. The second-order valence-electron chi connectivity index (χ2n) is 4.65. The zero-order valence-electron chi connectivity index (χ0n) is 11.9. The number of aryl methyl sites for hydroxylation is 2. The van der Waals surface area contributed by atoms with Crippen molar-refractivity contribution in [1.82, 2.24) is 4.72 Å². The van der Waals surface area contributed by atoms with Crippen molar-refractivity contribution >= 4 is 16.0 Å². The highest BCUT2D eigenvalue weighted by Crippen LogP contribution is 2.26. The number of carboxylic acid groups (broad SMARTS) is 1. The molecule has 0 aliphatic rings. The number of carbonyl (C=O) groups is 1. The van der Waals surface area contributed by atoms with Crippen molar-refractivity contribution in [3.63, 3.8) is 0 Å². The van der Waals surface area contributed by atoms with Crippen LogP contribution in [0.5, 0.6) is 0 Å². The maximum atomic E-state index is 12.3. The van der Waals surface area contributed by atoms with Crippen molar-refractivity contribution in [2.75, 3.05) is 6.54 Å². The molecule has 0 radical (unpaired) electrons. The minimum absolute atomic E-state index is 0.128. The number of aliphatic carboxylic acids is 1. The number of hydrogen-bond donors (Lipinski definition) is 2. The van der Waals surface area contributed by atoms with E-state index in [-0.39, 0.29) is 17.9 Å². The molecular weight excluding hydrogens is 278 g/mol. The molecule has 0 spiro atoms. The zero-order chi connectivity index (χ0) is 15.5. The van der Waals surface area contributed by atoms with Gasteiger partial charge in [-0.15, -0.1) is 6.58 Å². The lowest BCUT2D eigenvalue weighted by molar-refractivity contribution is -0.136. The van der Waals surface area contributed by atoms with Crippen LogP contribution < -0.4 is 4.72 Å². The van der Waals surface area contributed by atoms with Crippen molar-refractivity contribution in [2.24, 2.45) is 0 Å². The van der Waals surface area contributed by atoms with E-state index in [4.69, 9.17) is 5.11 Å². The summed E-state index contributed by atoms with van der Waals surface area (Å²) in [7, 11) is -3.67. The van der Waals surface area contributed by atoms with Gasteiger partial charge in [0.2, 0.25) is 10.0 Å². The summed E-state index contributed by atoms with van der Waals surface area (Å²) in [6.07, 6.45) is 1.26. The average Bonchev–Trinajstić information content (AvgIpc) is 2.31. The standard InChI is InChI=1S/C14H19NO4S/c1-5-6-15-20(18,19)14-10(3)7-9(2)12(11(14)4)8-13(16)17/h5,7,15H,1,6,8H2,2-4H3,(H,16,17). The van der Waals surface area contributed by atoms with Gasteiger partial charge >= 0.3 is 5.97 Å². The second kappa shape index (κ2) is 6.19. The van der Waals surface area contributed by atoms with Crippen LogP contribution in [0.4, 0.5) is 0 Å². The molecule has 6 heteroatoms. The van der Waals surface area contributed by atoms with Gasteiger partial charge in [-0.1, -0.05) is 12.1 Å². The summed E-state index contributed by atoms with van der Waals surface area (Å²) in [4.78, 5) is 11.1. The lowest BCUT2D eigenvalue weighted by Crippen LogP contribution is -2.26. The number of hydrogen-bond acceptors (Lipinski definition) is 3. The van der Waals surface area contributed by atoms with Crippen molar-refractivity contribution < 1.29 is 18.3 Å². The minimum atomic E-state index is -3.67.